The Kier molecular flexibility index (Phi) is 5.85. The predicted molar refractivity (Wildman–Crippen MR) is 62.0 cm³/mol. The molecule has 1 fully saturated rings. The highest BCUT2D eigenvalue weighted by Crippen LogP contribution is 2.10. The van der Waals surface area contributed by atoms with Gasteiger partial charge in [0.1, 0.15) is 0 Å². The van der Waals surface area contributed by atoms with Crippen molar-refractivity contribution in [2.45, 2.75) is 32.6 Å². The summed E-state index contributed by atoms with van der Waals surface area (Å²) in [5.74, 6) is -0.159. The number of unbranched alkanes of at least 4 members (excludes halogenated alkanes) is 1. The van der Waals surface area contributed by atoms with Gasteiger partial charge in [-0.25, -0.2) is 4.79 Å². The molecule has 0 radical (unpaired) electrons. The van der Waals surface area contributed by atoms with Gasteiger partial charge in [-0.1, -0.05) is 13.3 Å². The molecule has 1 heterocycles. The summed E-state index contributed by atoms with van der Waals surface area (Å²) in [6.07, 6.45) is 3.60. The van der Waals surface area contributed by atoms with Crippen LogP contribution in [0.15, 0.2) is 0 Å². The molecule has 0 spiro atoms. The van der Waals surface area contributed by atoms with Crippen molar-refractivity contribution in [3.63, 3.8) is 0 Å². The van der Waals surface area contributed by atoms with Crippen LogP contribution < -0.4 is 16.0 Å². The molecule has 0 aromatic carbocycles. The van der Waals surface area contributed by atoms with Gasteiger partial charge >= 0.3 is 6.03 Å². The van der Waals surface area contributed by atoms with Gasteiger partial charge < -0.3 is 10.6 Å². The second-order valence-corrected chi connectivity index (χ2v) is 4.12. The maximum absolute atomic E-state index is 11.6. The van der Waals surface area contributed by atoms with Crippen molar-refractivity contribution in [1.29, 1.82) is 0 Å². The molecule has 1 aliphatic rings. The van der Waals surface area contributed by atoms with Crippen LogP contribution in [0.4, 0.5) is 4.79 Å². The summed E-state index contributed by atoms with van der Waals surface area (Å²) in [5.41, 5.74) is 0. The van der Waals surface area contributed by atoms with Crippen LogP contribution in [-0.4, -0.2) is 31.6 Å². The smallest absolute Gasteiger partial charge is 0.321 e. The summed E-state index contributed by atoms with van der Waals surface area (Å²) >= 11 is 0. The molecule has 0 aromatic rings. The van der Waals surface area contributed by atoms with Crippen LogP contribution in [0.25, 0.3) is 0 Å². The quantitative estimate of drug-likeness (QED) is 0.616. The second-order valence-electron chi connectivity index (χ2n) is 4.12. The van der Waals surface area contributed by atoms with Crippen molar-refractivity contribution >= 4 is 11.9 Å². The Labute approximate surface area is 96.4 Å². The van der Waals surface area contributed by atoms with Crippen molar-refractivity contribution < 1.29 is 9.59 Å². The number of imide groups is 1. The third-order valence-corrected chi connectivity index (χ3v) is 2.76. The molecule has 0 saturated carbocycles. The number of hydrogen-bond acceptors (Lipinski definition) is 3. The lowest BCUT2D eigenvalue weighted by atomic mass is 9.97. The van der Waals surface area contributed by atoms with Gasteiger partial charge in [0.05, 0.1) is 0 Å². The van der Waals surface area contributed by atoms with E-state index in [0.29, 0.717) is 6.54 Å². The van der Waals surface area contributed by atoms with E-state index >= 15 is 0 Å². The molecule has 92 valence electrons. The van der Waals surface area contributed by atoms with Crippen molar-refractivity contribution in [3.05, 3.63) is 0 Å². The Morgan fingerprint density at radius 1 is 1.31 bits per heavy atom. The first kappa shape index (κ1) is 13.0. The van der Waals surface area contributed by atoms with Gasteiger partial charge in [-0.05, 0) is 32.4 Å². The Hall–Kier alpha value is -1.10. The number of hydrogen-bond donors (Lipinski definition) is 3. The fourth-order valence-electron chi connectivity index (χ4n) is 1.72. The largest absolute Gasteiger partial charge is 0.338 e. The molecule has 0 bridgehead atoms. The lowest BCUT2D eigenvalue weighted by molar-refractivity contribution is -0.124. The van der Waals surface area contributed by atoms with Crippen LogP contribution in [0.1, 0.15) is 32.6 Å². The van der Waals surface area contributed by atoms with E-state index in [0.717, 1.165) is 38.8 Å². The molecule has 0 aromatic heterocycles. The Balaban J connectivity index is 2.19. The number of carbonyl (C=O) groups is 2. The second kappa shape index (κ2) is 7.22. The van der Waals surface area contributed by atoms with Crippen LogP contribution >= 0.6 is 0 Å². The van der Waals surface area contributed by atoms with Crippen LogP contribution in [0.5, 0.6) is 0 Å². The number of piperidine rings is 1. The van der Waals surface area contributed by atoms with Gasteiger partial charge in [-0.3, -0.25) is 10.1 Å². The lowest BCUT2D eigenvalue weighted by Gasteiger charge is -2.21. The number of carbonyl (C=O) groups excluding carboxylic acids is 2. The van der Waals surface area contributed by atoms with Gasteiger partial charge in [-0.15, -0.1) is 0 Å². The number of urea groups is 1. The highest BCUT2D eigenvalue weighted by atomic mass is 16.2. The fourth-order valence-corrected chi connectivity index (χ4v) is 1.72. The van der Waals surface area contributed by atoms with Crippen LogP contribution in [0.3, 0.4) is 0 Å². The van der Waals surface area contributed by atoms with Crippen molar-refractivity contribution in [1.82, 2.24) is 16.0 Å². The van der Waals surface area contributed by atoms with E-state index in [1.165, 1.54) is 0 Å². The van der Waals surface area contributed by atoms with Crippen LogP contribution in [0.2, 0.25) is 0 Å². The average Bonchev–Trinajstić information content (AvgIpc) is 2.30. The zero-order chi connectivity index (χ0) is 11.8. The zero-order valence-corrected chi connectivity index (χ0v) is 9.84. The molecule has 0 aliphatic carbocycles. The minimum atomic E-state index is -0.364. The molecule has 3 N–H and O–H groups in total. The van der Waals surface area contributed by atoms with Crippen LogP contribution in [0, 0.1) is 5.92 Å². The molecule has 1 aliphatic heterocycles. The summed E-state index contributed by atoms with van der Waals surface area (Å²) in [5, 5.41) is 8.24. The topological polar surface area (TPSA) is 70.2 Å². The number of rotatable bonds is 4. The summed E-state index contributed by atoms with van der Waals surface area (Å²) in [7, 11) is 0. The van der Waals surface area contributed by atoms with E-state index < -0.39 is 0 Å². The molecular formula is C11H21N3O2. The van der Waals surface area contributed by atoms with Gasteiger partial charge in [-0.2, -0.15) is 0 Å². The summed E-state index contributed by atoms with van der Waals surface area (Å²) < 4.78 is 0. The molecule has 0 unspecified atom stereocenters. The SMILES string of the molecule is CCCCNC(=O)NC(=O)C1CCNCC1. The molecule has 1 saturated heterocycles. The first-order valence-corrected chi connectivity index (χ1v) is 6.03. The molecular weight excluding hydrogens is 206 g/mol. The fraction of sp³-hybridized carbons (Fsp3) is 0.818. The summed E-state index contributed by atoms with van der Waals surface area (Å²) in [6, 6.07) is -0.364. The molecule has 5 heteroatoms. The molecule has 5 nitrogen and oxygen atoms in total. The van der Waals surface area contributed by atoms with E-state index in [4.69, 9.17) is 0 Å². The van der Waals surface area contributed by atoms with E-state index in [-0.39, 0.29) is 17.9 Å². The monoisotopic (exact) mass is 227 g/mol. The molecule has 1 rings (SSSR count). The van der Waals surface area contributed by atoms with E-state index in [1.54, 1.807) is 0 Å². The maximum Gasteiger partial charge on any atom is 0.321 e. The first-order valence-electron chi connectivity index (χ1n) is 6.03. The normalized spacial score (nSPS) is 16.8. The van der Waals surface area contributed by atoms with Crippen LogP contribution in [-0.2, 0) is 4.79 Å². The maximum atomic E-state index is 11.6. The molecule has 16 heavy (non-hydrogen) atoms. The first-order chi connectivity index (χ1) is 7.74. The summed E-state index contributed by atoms with van der Waals surface area (Å²) in [4.78, 5) is 23.0. The van der Waals surface area contributed by atoms with Gasteiger partial charge in [0, 0.05) is 12.5 Å². The Morgan fingerprint density at radius 2 is 2.00 bits per heavy atom. The minimum absolute atomic E-state index is 0.0156. The highest BCUT2D eigenvalue weighted by Gasteiger charge is 2.22. The van der Waals surface area contributed by atoms with Crippen molar-refractivity contribution in [2.24, 2.45) is 5.92 Å². The van der Waals surface area contributed by atoms with E-state index in [9.17, 15) is 9.59 Å². The Bertz CT molecular complexity index is 237. The summed E-state index contributed by atoms with van der Waals surface area (Å²) in [6.45, 7) is 4.40. The van der Waals surface area contributed by atoms with Gasteiger partial charge in [0.15, 0.2) is 0 Å². The zero-order valence-electron chi connectivity index (χ0n) is 9.84. The third kappa shape index (κ3) is 4.61. The van der Waals surface area contributed by atoms with Crippen molar-refractivity contribution in [3.8, 4) is 0 Å². The van der Waals surface area contributed by atoms with E-state index in [1.807, 2.05) is 0 Å². The van der Waals surface area contributed by atoms with Gasteiger partial charge in [0.25, 0.3) is 0 Å². The lowest BCUT2D eigenvalue weighted by Crippen LogP contribution is -2.45. The minimum Gasteiger partial charge on any atom is -0.338 e. The van der Waals surface area contributed by atoms with Gasteiger partial charge in [0.2, 0.25) is 5.91 Å². The highest BCUT2D eigenvalue weighted by molar-refractivity contribution is 5.95. The number of amides is 3. The van der Waals surface area contributed by atoms with Crippen molar-refractivity contribution in [2.75, 3.05) is 19.6 Å². The molecule has 3 amide bonds. The standard InChI is InChI=1S/C11H21N3O2/c1-2-3-6-13-11(16)14-10(15)9-4-7-12-8-5-9/h9,12H,2-8H2,1H3,(H2,13,14,15,16). The van der Waals surface area contributed by atoms with E-state index in [2.05, 4.69) is 22.9 Å². The third-order valence-electron chi connectivity index (χ3n) is 2.76. The molecule has 0 atom stereocenters. The average molecular weight is 227 g/mol. The number of nitrogens with one attached hydrogen (secondary N) is 3. The Morgan fingerprint density at radius 3 is 2.62 bits per heavy atom. The predicted octanol–water partition coefficient (Wildman–Crippen LogP) is 0.612.